The summed E-state index contributed by atoms with van der Waals surface area (Å²) in [6.07, 6.45) is 0. The van der Waals surface area contributed by atoms with Gasteiger partial charge in [-0.1, -0.05) is 35.0 Å². The van der Waals surface area contributed by atoms with E-state index in [1.54, 1.807) is 24.3 Å². The van der Waals surface area contributed by atoms with Gasteiger partial charge >= 0.3 is 0 Å². The van der Waals surface area contributed by atoms with E-state index >= 15 is 0 Å². The van der Waals surface area contributed by atoms with Crippen molar-refractivity contribution in [2.75, 3.05) is 5.32 Å². The second kappa shape index (κ2) is 7.00. The number of halogens is 2. The third-order valence-electron chi connectivity index (χ3n) is 2.60. The van der Waals surface area contributed by atoms with Crippen LogP contribution in [-0.2, 0) is 4.79 Å². The van der Waals surface area contributed by atoms with Crippen LogP contribution < -0.4 is 5.32 Å². The van der Waals surface area contributed by atoms with Gasteiger partial charge in [-0.25, -0.2) is 0 Å². The molecule has 2 rings (SSSR count). The maximum Gasteiger partial charge on any atom is 0.270 e. The van der Waals surface area contributed by atoms with Gasteiger partial charge in [0, 0.05) is 34.5 Å². The van der Waals surface area contributed by atoms with E-state index in [9.17, 15) is 14.9 Å². The lowest BCUT2D eigenvalue weighted by atomic mass is 10.3. The van der Waals surface area contributed by atoms with Crippen LogP contribution in [0.1, 0.15) is 6.92 Å². The lowest BCUT2D eigenvalue weighted by molar-refractivity contribution is -0.384. The Morgan fingerprint density at radius 3 is 2.23 bits per heavy atom. The summed E-state index contributed by atoms with van der Waals surface area (Å²) in [6.45, 7) is 1.41. The molecule has 0 spiro atoms. The Kier molecular flexibility index (Phi) is 5.28. The van der Waals surface area contributed by atoms with Crippen molar-refractivity contribution in [1.82, 2.24) is 0 Å². The van der Waals surface area contributed by atoms with E-state index in [1.165, 1.54) is 30.8 Å². The number of hydrogen-bond acceptors (Lipinski definition) is 4. The van der Waals surface area contributed by atoms with Gasteiger partial charge in [0.25, 0.3) is 5.69 Å². The van der Waals surface area contributed by atoms with E-state index in [0.717, 1.165) is 4.90 Å². The molecule has 1 N–H and O–H groups in total. The molecule has 0 aliphatic heterocycles. The van der Waals surface area contributed by atoms with E-state index in [-0.39, 0.29) is 16.6 Å². The third kappa shape index (κ3) is 4.13. The molecule has 114 valence electrons. The quantitative estimate of drug-likeness (QED) is 0.617. The number of nitro groups is 1. The molecule has 0 bridgehead atoms. The molecule has 0 fully saturated rings. The van der Waals surface area contributed by atoms with Crippen molar-refractivity contribution in [2.24, 2.45) is 0 Å². The van der Waals surface area contributed by atoms with E-state index in [0.29, 0.717) is 15.6 Å². The molecule has 0 radical (unpaired) electrons. The van der Waals surface area contributed by atoms with Gasteiger partial charge in [0.1, 0.15) is 0 Å². The molecular formula is C14H10Cl2N2O3S. The van der Waals surface area contributed by atoms with Crippen molar-refractivity contribution in [2.45, 2.75) is 16.7 Å². The molecule has 0 aliphatic carbocycles. The standard InChI is InChI=1S/C14H10Cl2N2O3S/c1-8(19)17-9-2-4-13(11(15)6-9)22-14-5-3-10(18(20)21)7-12(14)16/h2-7H,1H3,(H,17,19). The summed E-state index contributed by atoms with van der Waals surface area (Å²) in [4.78, 5) is 22.6. The van der Waals surface area contributed by atoms with Crippen LogP contribution in [0.2, 0.25) is 10.0 Å². The number of anilines is 1. The van der Waals surface area contributed by atoms with Crippen molar-refractivity contribution in [3.63, 3.8) is 0 Å². The highest BCUT2D eigenvalue weighted by molar-refractivity contribution is 7.99. The van der Waals surface area contributed by atoms with Crippen LogP contribution in [0.4, 0.5) is 11.4 Å². The molecule has 8 heteroatoms. The SMILES string of the molecule is CC(=O)Nc1ccc(Sc2ccc([N+](=O)[O-])cc2Cl)c(Cl)c1. The molecule has 2 aromatic carbocycles. The van der Waals surface area contributed by atoms with Gasteiger partial charge in [-0.15, -0.1) is 0 Å². The molecule has 22 heavy (non-hydrogen) atoms. The maximum atomic E-state index is 11.0. The van der Waals surface area contributed by atoms with Crippen LogP contribution in [0.15, 0.2) is 46.2 Å². The number of nitro benzene ring substituents is 1. The largest absolute Gasteiger partial charge is 0.326 e. The van der Waals surface area contributed by atoms with Crippen molar-refractivity contribution in [1.29, 1.82) is 0 Å². The van der Waals surface area contributed by atoms with Crippen LogP contribution in [0.5, 0.6) is 0 Å². The number of benzene rings is 2. The van der Waals surface area contributed by atoms with E-state index in [4.69, 9.17) is 23.2 Å². The van der Waals surface area contributed by atoms with Crippen LogP contribution in [-0.4, -0.2) is 10.8 Å². The zero-order chi connectivity index (χ0) is 16.3. The summed E-state index contributed by atoms with van der Waals surface area (Å²) in [7, 11) is 0. The zero-order valence-electron chi connectivity index (χ0n) is 11.3. The predicted octanol–water partition coefficient (Wildman–Crippen LogP) is 5.01. The highest BCUT2D eigenvalue weighted by Gasteiger charge is 2.12. The molecule has 0 aliphatic rings. The summed E-state index contributed by atoms with van der Waals surface area (Å²) < 4.78 is 0. The number of carbonyl (C=O) groups excluding carboxylic acids is 1. The van der Waals surface area contributed by atoms with Gasteiger partial charge in [-0.3, -0.25) is 14.9 Å². The van der Waals surface area contributed by atoms with Gasteiger partial charge in [0.2, 0.25) is 5.91 Å². The maximum absolute atomic E-state index is 11.0. The first-order valence-corrected chi connectivity index (χ1v) is 7.63. The Labute approximate surface area is 140 Å². The summed E-state index contributed by atoms with van der Waals surface area (Å²) in [5, 5.41) is 14.0. The Morgan fingerprint density at radius 2 is 1.73 bits per heavy atom. The lowest BCUT2D eigenvalue weighted by Crippen LogP contribution is -2.05. The number of nitrogens with one attached hydrogen (secondary N) is 1. The fourth-order valence-corrected chi connectivity index (χ4v) is 3.08. The summed E-state index contributed by atoms with van der Waals surface area (Å²) in [6, 6.07) is 9.34. The Morgan fingerprint density at radius 1 is 1.14 bits per heavy atom. The minimum Gasteiger partial charge on any atom is -0.326 e. The first-order valence-electron chi connectivity index (χ1n) is 6.06. The molecule has 0 heterocycles. The highest BCUT2D eigenvalue weighted by Crippen LogP contribution is 2.39. The number of amides is 1. The number of non-ortho nitro benzene ring substituents is 1. The molecule has 0 atom stereocenters. The molecule has 5 nitrogen and oxygen atoms in total. The number of rotatable bonds is 4. The predicted molar refractivity (Wildman–Crippen MR) is 88.0 cm³/mol. The number of hydrogen-bond donors (Lipinski definition) is 1. The number of carbonyl (C=O) groups is 1. The number of nitrogens with zero attached hydrogens (tertiary/aromatic N) is 1. The summed E-state index contributed by atoms with van der Waals surface area (Å²) in [5.74, 6) is -0.185. The third-order valence-corrected chi connectivity index (χ3v) is 4.60. The van der Waals surface area contributed by atoms with Crippen molar-refractivity contribution in [3.8, 4) is 0 Å². The van der Waals surface area contributed by atoms with Gasteiger partial charge in [0.15, 0.2) is 0 Å². The van der Waals surface area contributed by atoms with Gasteiger partial charge in [-0.2, -0.15) is 0 Å². The van der Waals surface area contributed by atoms with E-state index in [1.807, 2.05) is 0 Å². The van der Waals surface area contributed by atoms with Crippen LogP contribution in [0.3, 0.4) is 0 Å². The first-order chi connectivity index (χ1) is 10.4. The summed E-state index contributed by atoms with van der Waals surface area (Å²) in [5.41, 5.74) is 0.526. The minimum absolute atomic E-state index is 0.0681. The average molecular weight is 357 g/mol. The second-order valence-corrected chi connectivity index (χ2v) is 6.20. The second-order valence-electron chi connectivity index (χ2n) is 4.30. The molecule has 1 amide bonds. The van der Waals surface area contributed by atoms with Gasteiger partial charge in [-0.05, 0) is 24.3 Å². The average Bonchev–Trinajstić information content (AvgIpc) is 2.42. The van der Waals surface area contributed by atoms with Crippen molar-refractivity contribution in [3.05, 3.63) is 56.6 Å². The topological polar surface area (TPSA) is 72.2 Å². The van der Waals surface area contributed by atoms with Crippen molar-refractivity contribution < 1.29 is 9.72 Å². The van der Waals surface area contributed by atoms with Gasteiger partial charge < -0.3 is 5.32 Å². The zero-order valence-corrected chi connectivity index (χ0v) is 13.6. The smallest absolute Gasteiger partial charge is 0.270 e. The van der Waals surface area contributed by atoms with Crippen LogP contribution in [0.25, 0.3) is 0 Å². The Hall–Kier alpha value is -1.76. The fraction of sp³-hybridized carbons (Fsp3) is 0.0714. The first kappa shape index (κ1) is 16.6. The Balaban J connectivity index is 2.24. The van der Waals surface area contributed by atoms with Crippen LogP contribution in [0, 0.1) is 10.1 Å². The van der Waals surface area contributed by atoms with E-state index in [2.05, 4.69) is 5.32 Å². The molecule has 0 saturated heterocycles. The minimum atomic E-state index is -0.504. The van der Waals surface area contributed by atoms with Crippen LogP contribution >= 0.6 is 35.0 Å². The molecule has 0 saturated carbocycles. The lowest BCUT2D eigenvalue weighted by Gasteiger charge is -2.08. The molecule has 2 aromatic rings. The molecule has 0 aromatic heterocycles. The monoisotopic (exact) mass is 356 g/mol. The highest BCUT2D eigenvalue weighted by atomic mass is 35.5. The Bertz CT molecular complexity index is 753. The van der Waals surface area contributed by atoms with Gasteiger partial charge in [0.05, 0.1) is 15.0 Å². The van der Waals surface area contributed by atoms with Crippen molar-refractivity contribution >= 4 is 52.2 Å². The molecular weight excluding hydrogens is 347 g/mol. The molecule has 0 unspecified atom stereocenters. The summed E-state index contributed by atoms with van der Waals surface area (Å²) >= 11 is 13.5. The van der Waals surface area contributed by atoms with E-state index < -0.39 is 4.92 Å². The fourth-order valence-electron chi connectivity index (χ4n) is 1.67. The normalized spacial score (nSPS) is 10.3.